The van der Waals surface area contributed by atoms with E-state index in [1.807, 2.05) is 25.7 Å². The highest BCUT2D eigenvalue weighted by molar-refractivity contribution is 6.30. The molecule has 8 nitrogen and oxygen atoms in total. The van der Waals surface area contributed by atoms with Crippen molar-refractivity contribution >= 4 is 29.4 Å². The summed E-state index contributed by atoms with van der Waals surface area (Å²) in [5.41, 5.74) is 0.277. The third-order valence-corrected chi connectivity index (χ3v) is 7.57. The first-order valence-electron chi connectivity index (χ1n) is 12.0. The Labute approximate surface area is 200 Å². The monoisotopic (exact) mass is 476 g/mol. The number of ether oxygens (including phenoxy) is 2. The highest BCUT2D eigenvalue weighted by Gasteiger charge is 2.44. The first kappa shape index (κ1) is 22.6. The molecule has 1 aromatic heterocycles. The largest absolute Gasteiger partial charge is 0.490 e. The number of carbonyl (C=O) groups excluding carboxylic acids is 2. The summed E-state index contributed by atoms with van der Waals surface area (Å²) in [4.78, 5) is 36.7. The van der Waals surface area contributed by atoms with E-state index < -0.39 is 5.60 Å². The molecule has 1 saturated carbocycles. The number of halogens is 1. The van der Waals surface area contributed by atoms with Gasteiger partial charge in [-0.05, 0) is 45.4 Å². The highest BCUT2D eigenvalue weighted by Crippen LogP contribution is 2.47. The van der Waals surface area contributed by atoms with Gasteiger partial charge < -0.3 is 24.2 Å². The molecular weight excluding hydrogens is 444 g/mol. The Balaban J connectivity index is 1.39. The van der Waals surface area contributed by atoms with Crippen LogP contribution in [0.2, 0.25) is 5.15 Å². The summed E-state index contributed by atoms with van der Waals surface area (Å²) in [6, 6.07) is 1.39. The molecule has 1 aromatic rings. The second-order valence-corrected chi connectivity index (χ2v) is 11.3. The number of aromatic nitrogens is 1. The number of amides is 2. The molecular formula is C24H33ClN4O4. The molecule has 0 bridgehead atoms. The molecule has 1 atom stereocenters. The summed E-state index contributed by atoms with van der Waals surface area (Å²) in [6.07, 6.45) is 5.81. The predicted octanol–water partition coefficient (Wildman–Crippen LogP) is 3.96. The topological polar surface area (TPSA) is 75.2 Å². The normalized spacial score (nSPS) is 24.4. The molecule has 5 rings (SSSR count). The van der Waals surface area contributed by atoms with Crippen molar-refractivity contribution in [3.05, 3.63) is 16.8 Å². The Morgan fingerprint density at radius 3 is 2.70 bits per heavy atom. The Morgan fingerprint density at radius 2 is 1.97 bits per heavy atom. The molecule has 180 valence electrons. The van der Waals surface area contributed by atoms with Crippen LogP contribution < -0.4 is 9.64 Å². The van der Waals surface area contributed by atoms with Gasteiger partial charge in [0.25, 0.3) is 5.91 Å². The average Bonchev–Trinajstić information content (AvgIpc) is 3.36. The van der Waals surface area contributed by atoms with Gasteiger partial charge in [-0.3, -0.25) is 4.79 Å². The van der Waals surface area contributed by atoms with Gasteiger partial charge in [0.2, 0.25) is 0 Å². The summed E-state index contributed by atoms with van der Waals surface area (Å²) in [5.74, 6) is 1.03. The first-order chi connectivity index (χ1) is 15.6. The Hall–Kier alpha value is -2.22. The van der Waals surface area contributed by atoms with Crippen LogP contribution in [0.25, 0.3) is 0 Å². The van der Waals surface area contributed by atoms with E-state index >= 15 is 0 Å². The number of anilines is 1. The van der Waals surface area contributed by atoms with Crippen molar-refractivity contribution in [3.8, 4) is 5.75 Å². The molecule has 2 saturated heterocycles. The van der Waals surface area contributed by atoms with Gasteiger partial charge in [0.05, 0.1) is 6.04 Å². The van der Waals surface area contributed by atoms with E-state index in [9.17, 15) is 9.59 Å². The highest BCUT2D eigenvalue weighted by atomic mass is 35.5. The number of carbonyl (C=O) groups is 2. The number of hydrogen-bond donors (Lipinski definition) is 0. The lowest BCUT2D eigenvalue weighted by molar-refractivity contribution is 0.000955. The van der Waals surface area contributed by atoms with Gasteiger partial charge >= 0.3 is 6.09 Å². The van der Waals surface area contributed by atoms with Crippen LogP contribution in [-0.2, 0) is 4.74 Å². The van der Waals surface area contributed by atoms with Gasteiger partial charge in [-0.15, -0.1) is 0 Å². The molecule has 33 heavy (non-hydrogen) atoms. The van der Waals surface area contributed by atoms with Crippen molar-refractivity contribution in [2.24, 2.45) is 5.41 Å². The quantitative estimate of drug-likeness (QED) is 0.571. The minimum absolute atomic E-state index is 0.0946. The minimum atomic E-state index is -0.566. The SMILES string of the molecule is CC(C)(C)OC(=O)N1CCN2C(=O)c3c(cc(Cl)nc3N3CCC4(CCCC4)C3)OC[C@H]2C1. The number of pyridine rings is 1. The number of rotatable bonds is 1. The van der Waals surface area contributed by atoms with Crippen LogP contribution in [0, 0.1) is 5.41 Å². The molecule has 9 heteroatoms. The smallest absolute Gasteiger partial charge is 0.410 e. The molecule has 0 N–H and O–H groups in total. The van der Waals surface area contributed by atoms with Crippen LogP contribution in [0.3, 0.4) is 0 Å². The second-order valence-electron chi connectivity index (χ2n) is 10.9. The molecule has 3 fully saturated rings. The van der Waals surface area contributed by atoms with Crippen LogP contribution in [-0.4, -0.2) is 77.8 Å². The predicted molar refractivity (Wildman–Crippen MR) is 125 cm³/mol. The Morgan fingerprint density at radius 1 is 1.21 bits per heavy atom. The van der Waals surface area contributed by atoms with Crippen LogP contribution >= 0.6 is 11.6 Å². The Bertz CT molecular complexity index is 957. The van der Waals surface area contributed by atoms with Gasteiger partial charge in [-0.1, -0.05) is 24.4 Å². The van der Waals surface area contributed by atoms with Crippen molar-refractivity contribution in [2.45, 2.75) is 64.5 Å². The fourth-order valence-electron chi connectivity index (χ4n) is 5.76. The van der Waals surface area contributed by atoms with E-state index in [0.717, 1.165) is 19.5 Å². The van der Waals surface area contributed by atoms with Crippen molar-refractivity contribution in [1.82, 2.24) is 14.8 Å². The van der Waals surface area contributed by atoms with E-state index in [-0.39, 0.29) is 18.0 Å². The maximum Gasteiger partial charge on any atom is 0.410 e. The summed E-state index contributed by atoms with van der Waals surface area (Å²) in [7, 11) is 0. The molecule has 4 aliphatic rings. The second kappa shape index (κ2) is 8.22. The summed E-state index contributed by atoms with van der Waals surface area (Å²) in [5, 5.41) is 0.333. The molecule has 1 spiro atoms. The summed E-state index contributed by atoms with van der Waals surface area (Å²) in [6.45, 7) is 8.86. The average molecular weight is 477 g/mol. The van der Waals surface area contributed by atoms with Gasteiger partial charge in [-0.25, -0.2) is 9.78 Å². The van der Waals surface area contributed by atoms with E-state index in [1.165, 1.54) is 25.7 Å². The van der Waals surface area contributed by atoms with Gasteiger partial charge in [0.15, 0.2) is 0 Å². The van der Waals surface area contributed by atoms with Crippen LogP contribution in [0.1, 0.15) is 63.2 Å². The first-order valence-corrected chi connectivity index (χ1v) is 12.4. The molecule has 4 heterocycles. The molecule has 0 radical (unpaired) electrons. The van der Waals surface area contributed by atoms with Gasteiger partial charge in [0, 0.05) is 38.8 Å². The van der Waals surface area contributed by atoms with Crippen LogP contribution in [0.4, 0.5) is 10.6 Å². The summed E-state index contributed by atoms with van der Waals surface area (Å²) < 4.78 is 11.7. The lowest BCUT2D eigenvalue weighted by Crippen LogP contribution is -2.58. The van der Waals surface area contributed by atoms with E-state index in [1.54, 1.807) is 11.0 Å². The summed E-state index contributed by atoms with van der Waals surface area (Å²) >= 11 is 6.38. The van der Waals surface area contributed by atoms with E-state index in [2.05, 4.69) is 9.88 Å². The van der Waals surface area contributed by atoms with Crippen molar-refractivity contribution in [3.63, 3.8) is 0 Å². The zero-order valence-corrected chi connectivity index (χ0v) is 20.5. The fraction of sp³-hybridized carbons (Fsp3) is 0.708. The molecule has 2 amide bonds. The maximum absolute atomic E-state index is 13.8. The molecule has 0 aromatic carbocycles. The lowest BCUT2D eigenvalue weighted by atomic mass is 9.86. The Kier molecular flexibility index (Phi) is 5.62. The van der Waals surface area contributed by atoms with Gasteiger partial charge in [0.1, 0.15) is 34.5 Å². The van der Waals surface area contributed by atoms with Crippen molar-refractivity contribution in [1.29, 1.82) is 0 Å². The van der Waals surface area contributed by atoms with Crippen molar-refractivity contribution < 1.29 is 19.1 Å². The number of piperazine rings is 1. The number of nitrogens with zero attached hydrogens (tertiary/aromatic N) is 4. The third-order valence-electron chi connectivity index (χ3n) is 7.38. The van der Waals surface area contributed by atoms with Gasteiger partial charge in [-0.2, -0.15) is 0 Å². The standard InChI is InChI=1S/C24H33ClN4O4/c1-23(2,3)33-22(31)27-10-11-29-16(13-27)14-32-17-12-18(25)26-20(19(17)21(29)30)28-9-8-24(15-28)6-4-5-7-24/h12,16H,4-11,13-15H2,1-3H3/t16-/m1/s1. The third kappa shape index (κ3) is 4.34. The zero-order valence-electron chi connectivity index (χ0n) is 19.7. The number of fused-ring (bicyclic) bond motifs is 2. The maximum atomic E-state index is 13.8. The van der Waals surface area contributed by atoms with Crippen LogP contribution in [0.5, 0.6) is 5.75 Å². The zero-order chi connectivity index (χ0) is 23.4. The van der Waals surface area contributed by atoms with E-state index in [4.69, 9.17) is 21.1 Å². The fourth-order valence-corrected chi connectivity index (χ4v) is 5.94. The van der Waals surface area contributed by atoms with E-state index in [0.29, 0.717) is 53.9 Å². The molecule has 1 aliphatic carbocycles. The molecule has 3 aliphatic heterocycles. The molecule has 0 unspecified atom stereocenters. The van der Waals surface area contributed by atoms with Crippen LogP contribution in [0.15, 0.2) is 6.07 Å². The lowest BCUT2D eigenvalue weighted by Gasteiger charge is -2.40. The number of hydrogen-bond acceptors (Lipinski definition) is 6. The van der Waals surface area contributed by atoms with Crippen molar-refractivity contribution in [2.75, 3.05) is 44.2 Å². The minimum Gasteiger partial charge on any atom is -0.490 e.